The lowest BCUT2D eigenvalue weighted by molar-refractivity contribution is -0.140. The predicted molar refractivity (Wildman–Crippen MR) is 117 cm³/mol. The van der Waals surface area contributed by atoms with Crippen LogP contribution in [-0.4, -0.2) is 78.2 Å². The molecular formula is C24H26N2O6. The minimum atomic E-state index is -0.800. The maximum absolute atomic E-state index is 13.1. The van der Waals surface area contributed by atoms with E-state index in [9.17, 15) is 19.8 Å². The Labute approximate surface area is 186 Å². The van der Waals surface area contributed by atoms with Gasteiger partial charge in [-0.15, -0.1) is 0 Å². The van der Waals surface area contributed by atoms with E-state index in [-0.39, 0.29) is 22.8 Å². The van der Waals surface area contributed by atoms with Crippen LogP contribution in [-0.2, 0) is 14.3 Å². The number of aromatic hydroxyl groups is 1. The number of aliphatic hydroxyl groups is 1. The summed E-state index contributed by atoms with van der Waals surface area (Å²) in [6.45, 7) is 3.66. The largest absolute Gasteiger partial charge is 0.507 e. The molecule has 2 aromatic rings. The molecule has 2 heterocycles. The van der Waals surface area contributed by atoms with Gasteiger partial charge in [0.15, 0.2) is 11.5 Å². The lowest BCUT2D eigenvalue weighted by atomic mass is 9.95. The number of aliphatic hydroxyl groups excluding tert-OH is 1. The fourth-order valence-electron chi connectivity index (χ4n) is 4.15. The van der Waals surface area contributed by atoms with Crippen LogP contribution < -0.4 is 4.74 Å². The van der Waals surface area contributed by atoms with E-state index >= 15 is 0 Å². The molecule has 0 aromatic heterocycles. The Kier molecular flexibility index (Phi) is 6.43. The molecule has 2 aliphatic rings. The third kappa shape index (κ3) is 4.19. The van der Waals surface area contributed by atoms with Crippen molar-refractivity contribution in [1.82, 2.24) is 9.80 Å². The van der Waals surface area contributed by atoms with Crippen LogP contribution >= 0.6 is 0 Å². The Morgan fingerprint density at radius 2 is 1.81 bits per heavy atom. The maximum Gasteiger partial charge on any atom is 0.295 e. The number of carbonyl (C=O) groups excluding carboxylic acids is 2. The predicted octanol–water partition coefficient (Wildman–Crippen LogP) is 2.15. The second-order valence-electron chi connectivity index (χ2n) is 7.74. The van der Waals surface area contributed by atoms with E-state index in [1.807, 2.05) is 0 Å². The molecule has 1 amide bonds. The first-order valence-electron chi connectivity index (χ1n) is 10.5. The third-order valence-corrected chi connectivity index (χ3v) is 5.87. The van der Waals surface area contributed by atoms with Crippen molar-refractivity contribution >= 4 is 17.4 Å². The van der Waals surface area contributed by atoms with Crippen molar-refractivity contribution in [2.75, 3.05) is 46.5 Å². The fourth-order valence-corrected chi connectivity index (χ4v) is 4.15. The number of ether oxygens (including phenoxy) is 2. The summed E-state index contributed by atoms with van der Waals surface area (Å²) in [5.74, 6) is -1.45. The highest BCUT2D eigenvalue weighted by atomic mass is 16.5. The normalized spacial score (nSPS) is 21.2. The number of nitrogens with zero attached hydrogens (tertiary/aromatic N) is 2. The summed E-state index contributed by atoms with van der Waals surface area (Å²) in [7, 11) is 1.43. The number of phenolic OH excluding ortho intramolecular Hbond substituents is 1. The number of phenols is 1. The maximum atomic E-state index is 13.1. The Hall–Kier alpha value is -3.36. The van der Waals surface area contributed by atoms with Gasteiger partial charge in [-0.25, -0.2) is 0 Å². The van der Waals surface area contributed by atoms with E-state index in [1.54, 1.807) is 42.5 Å². The highest BCUT2D eigenvalue weighted by Gasteiger charge is 2.46. The van der Waals surface area contributed by atoms with E-state index in [1.165, 1.54) is 18.1 Å². The molecule has 0 aliphatic carbocycles. The van der Waals surface area contributed by atoms with Crippen molar-refractivity contribution in [2.45, 2.75) is 6.04 Å². The average Bonchev–Trinajstić information content (AvgIpc) is 3.08. The second-order valence-corrected chi connectivity index (χ2v) is 7.74. The van der Waals surface area contributed by atoms with Gasteiger partial charge in [-0.2, -0.15) is 0 Å². The van der Waals surface area contributed by atoms with Gasteiger partial charge >= 0.3 is 0 Å². The first-order valence-corrected chi connectivity index (χ1v) is 10.5. The second kappa shape index (κ2) is 9.42. The van der Waals surface area contributed by atoms with Gasteiger partial charge in [-0.05, 0) is 17.7 Å². The number of methoxy groups -OCH3 is 1. The van der Waals surface area contributed by atoms with E-state index in [4.69, 9.17) is 9.47 Å². The molecule has 0 unspecified atom stereocenters. The summed E-state index contributed by atoms with van der Waals surface area (Å²) in [5, 5.41) is 21.1. The molecule has 1 atom stereocenters. The Balaban J connectivity index is 1.76. The van der Waals surface area contributed by atoms with Crippen LogP contribution in [0.3, 0.4) is 0 Å². The highest BCUT2D eigenvalue weighted by Crippen LogP contribution is 2.41. The molecule has 0 saturated carbocycles. The molecule has 4 rings (SSSR count). The summed E-state index contributed by atoms with van der Waals surface area (Å²) in [6.07, 6.45) is 0. The van der Waals surface area contributed by atoms with E-state index in [0.717, 1.165) is 13.1 Å². The van der Waals surface area contributed by atoms with Crippen molar-refractivity contribution in [3.63, 3.8) is 0 Å². The average molecular weight is 438 g/mol. The van der Waals surface area contributed by atoms with Gasteiger partial charge in [0.25, 0.3) is 11.7 Å². The summed E-state index contributed by atoms with van der Waals surface area (Å²) >= 11 is 0. The number of likely N-dealkylation sites (tertiary alicyclic amines) is 1. The Morgan fingerprint density at radius 1 is 1.09 bits per heavy atom. The van der Waals surface area contributed by atoms with Crippen molar-refractivity contribution < 1.29 is 29.3 Å². The van der Waals surface area contributed by atoms with Crippen LogP contribution in [0, 0.1) is 0 Å². The molecule has 2 N–H and O–H groups in total. The zero-order chi connectivity index (χ0) is 22.7. The first kappa shape index (κ1) is 21.9. The number of carbonyl (C=O) groups is 2. The molecule has 2 aromatic carbocycles. The van der Waals surface area contributed by atoms with E-state index in [0.29, 0.717) is 37.4 Å². The monoisotopic (exact) mass is 438 g/mol. The zero-order valence-corrected chi connectivity index (χ0v) is 17.9. The molecule has 32 heavy (non-hydrogen) atoms. The number of morpholine rings is 1. The summed E-state index contributed by atoms with van der Waals surface area (Å²) in [4.78, 5) is 29.8. The van der Waals surface area contributed by atoms with Gasteiger partial charge < -0.3 is 24.6 Å². The van der Waals surface area contributed by atoms with Gasteiger partial charge in [0.2, 0.25) is 0 Å². The van der Waals surface area contributed by atoms with Crippen molar-refractivity contribution in [3.8, 4) is 11.5 Å². The molecule has 0 bridgehead atoms. The van der Waals surface area contributed by atoms with Crippen molar-refractivity contribution in [2.24, 2.45) is 0 Å². The lowest BCUT2D eigenvalue weighted by Gasteiger charge is -2.31. The number of benzene rings is 2. The molecule has 168 valence electrons. The van der Waals surface area contributed by atoms with E-state index in [2.05, 4.69) is 4.90 Å². The van der Waals surface area contributed by atoms with Gasteiger partial charge in [0, 0.05) is 31.7 Å². The molecule has 2 fully saturated rings. The SMILES string of the molecule is COc1cc([C@@H]2C(=C(O)c3ccccc3)C(=O)C(=O)N2CCN2CCOCC2)ccc1O. The van der Waals surface area contributed by atoms with Gasteiger partial charge in [-0.1, -0.05) is 36.4 Å². The first-order chi connectivity index (χ1) is 15.5. The van der Waals surface area contributed by atoms with Gasteiger partial charge in [0.05, 0.1) is 31.9 Å². The topological polar surface area (TPSA) is 99.5 Å². The van der Waals surface area contributed by atoms with Crippen molar-refractivity contribution in [1.29, 1.82) is 0 Å². The molecule has 2 saturated heterocycles. The van der Waals surface area contributed by atoms with E-state index < -0.39 is 17.7 Å². The standard InChI is InChI=1S/C24H26N2O6/c1-31-19-15-17(7-8-18(19)27)21-20(22(28)16-5-3-2-4-6-16)23(29)24(30)26(21)10-9-25-11-13-32-14-12-25/h2-8,15,21,27-28H,9-14H2,1H3/t21-/m1/s1. The van der Waals surface area contributed by atoms with Crippen LogP contribution in [0.5, 0.6) is 11.5 Å². The molecule has 0 radical (unpaired) electrons. The van der Waals surface area contributed by atoms with Gasteiger partial charge in [0.1, 0.15) is 5.76 Å². The highest BCUT2D eigenvalue weighted by molar-refractivity contribution is 6.46. The van der Waals surface area contributed by atoms with Gasteiger partial charge in [-0.3, -0.25) is 14.5 Å². The molecular weight excluding hydrogens is 412 g/mol. The minimum absolute atomic E-state index is 0.0240. The lowest BCUT2D eigenvalue weighted by Crippen LogP contribution is -2.42. The fraction of sp³-hybridized carbons (Fsp3) is 0.333. The van der Waals surface area contributed by atoms with Crippen LogP contribution in [0.15, 0.2) is 54.1 Å². The number of ketones is 1. The van der Waals surface area contributed by atoms with Crippen LogP contribution in [0.4, 0.5) is 0 Å². The number of hydrogen-bond acceptors (Lipinski definition) is 7. The molecule has 8 heteroatoms. The van der Waals surface area contributed by atoms with Crippen LogP contribution in [0.1, 0.15) is 17.2 Å². The third-order valence-electron chi connectivity index (χ3n) is 5.87. The smallest absolute Gasteiger partial charge is 0.295 e. The van der Waals surface area contributed by atoms with Crippen LogP contribution in [0.2, 0.25) is 0 Å². The quantitative estimate of drug-likeness (QED) is 0.405. The van der Waals surface area contributed by atoms with Crippen molar-refractivity contribution in [3.05, 3.63) is 65.2 Å². The summed E-state index contributed by atoms with van der Waals surface area (Å²) < 4.78 is 10.6. The summed E-state index contributed by atoms with van der Waals surface area (Å²) in [5.41, 5.74) is 1.05. The summed E-state index contributed by atoms with van der Waals surface area (Å²) in [6, 6.07) is 12.6. The number of Topliss-reactive ketones (excluding diaryl/α,β-unsaturated/α-hetero) is 1. The minimum Gasteiger partial charge on any atom is -0.507 e. The number of rotatable bonds is 6. The van der Waals surface area contributed by atoms with Crippen LogP contribution in [0.25, 0.3) is 5.76 Å². The molecule has 2 aliphatic heterocycles. The Bertz CT molecular complexity index is 1030. The number of amides is 1. The number of hydrogen-bond donors (Lipinski definition) is 2. The zero-order valence-electron chi connectivity index (χ0n) is 17.9. The molecule has 0 spiro atoms. The Morgan fingerprint density at radius 3 is 2.50 bits per heavy atom. The molecule has 8 nitrogen and oxygen atoms in total.